The number of carboxylic acids is 1. The summed E-state index contributed by atoms with van der Waals surface area (Å²) in [6, 6.07) is -5.23. The van der Waals surface area contributed by atoms with E-state index in [1.165, 1.54) is 13.8 Å². The number of amides is 4. The van der Waals surface area contributed by atoms with Gasteiger partial charge in [-0.05, 0) is 13.8 Å². The van der Waals surface area contributed by atoms with Crippen LogP contribution in [0.5, 0.6) is 0 Å². The molecule has 0 aliphatic carbocycles. The van der Waals surface area contributed by atoms with Gasteiger partial charge in [0, 0.05) is 5.75 Å². The third-order valence-electron chi connectivity index (χ3n) is 3.31. The molecule has 0 radical (unpaired) electrons. The number of nitrogens with two attached hydrogens (primary N) is 2. The number of aliphatic carboxylic acids is 1. The second-order valence-corrected chi connectivity index (χ2v) is 6.19. The Bertz CT molecular complexity index is 584. The molecule has 0 saturated heterocycles. The number of carbonyl (C=O) groups is 5. The molecule has 9 N–H and O–H groups in total. The van der Waals surface area contributed by atoms with Gasteiger partial charge in [-0.3, -0.25) is 19.2 Å². The van der Waals surface area contributed by atoms with Crippen LogP contribution in [0.25, 0.3) is 0 Å². The fourth-order valence-corrected chi connectivity index (χ4v) is 2.08. The van der Waals surface area contributed by atoms with E-state index in [2.05, 4.69) is 28.6 Å². The first-order valence-electron chi connectivity index (χ1n) is 7.87. The lowest BCUT2D eigenvalue weighted by Gasteiger charge is -2.25. The summed E-state index contributed by atoms with van der Waals surface area (Å²) in [5.41, 5.74) is 10.3. The Morgan fingerprint density at radius 2 is 1.48 bits per heavy atom. The van der Waals surface area contributed by atoms with Crippen LogP contribution < -0.4 is 27.4 Å². The average Bonchev–Trinajstić information content (AvgIpc) is 2.55. The maximum Gasteiger partial charge on any atom is 0.326 e. The molecule has 0 aromatic rings. The fourth-order valence-electron chi connectivity index (χ4n) is 1.82. The Labute approximate surface area is 160 Å². The van der Waals surface area contributed by atoms with Gasteiger partial charge in [0.2, 0.25) is 23.6 Å². The lowest BCUT2D eigenvalue weighted by molar-refractivity contribution is -0.143. The van der Waals surface area contributed by atoms with Crippen molar-refractivity contribution in [2.24, 2.45) is 11.5 Å². The largest absolute Gasteiger partial charge is 0.480 e. The number of carbonyl (C=O) groups excluding carboxylic acids is 4. The van der Waals surface area contributed by atoms with Gasteiger partial charge in [-0.25, -0.2) is 4.79 Å². The molecule has 0 spiro atoms. The van der Waals surface area contributed by atoms with Crippen molar-refractivity contribution in [3.8, 4) is 0 Å². The fraction of sp³-hybridized carbons (Fsp3) is 0.643. The van der Waals surface area contributed by atoms with Crippen LogP contribution in [0, 0.1) is 0 Å². The van der Waals surface area contributed by atoms with Gasteiger partial charge in [0.1, 0.15) is 18.1 Å². The minimum atomic E-state index is -1.58. The molecule has 5 atom stereocenters. The van der Waals surface area contributed by atoms with Crippen LogP contribution in [-0.4, -0.2) is 75.8 Å². The second kappa shape index (κ2) is 11.4. The minimum absolute atomic E-state index is 0.228. The predicted molar refractivity (Wildman–Crippen MR) is 96.4 cm³/mol. The lowest BCUT2D eigenvalue weighted by atomic mass is 10.1. The Balaban J connectivity index is 5.12. The van der Waals surface area contributed by atoms with Crippen molar-refractivity contribution in [1.29, 1.82) is 0 Å². The van der Waals surface area contributed by atoms with Gasteiger partial charge in [0.15, 0.2) is 0 Å². The van der Waals surface area contributed by atoms with Crippen molar-refractivity contribution < 1.29 is 34.2 Å². The molecule has 0 rings (SSSR count). The quantitative estimate of drug-likeness (QED) is 0.158. The zero-order chi connectivity index (χ0) is 21.3. The number of rotatable bonds is 11. The topological polar surface area (TPSA) is 214 Å². The number of aliphatic hydroxyl groups is 1. The number of hydrogen-bond acceptors (Lipinski definition) is 8. The molecule has 13 heteroatoms. The summed E-state index contributed by atoms with van der Waals surface area (Å²) in [6.07, 6.45) is -1.95. The highest BCUT2D eigenvalue weighted by Crippen LogP contribution is 1.99. The zero-order valence-electron chi connectivity index (χ0n) is 14.8. The highest BCUT2D eigenvalue weighted by atomic mass is 32.1. The number of thiol groups is 1. The average molecular weight is 407 g/mol. The summed E-state index contributed by atoms with van der Waals surface area (Å²) in [5.74, 6) is -5.20. The maximum absolute atomic E-state index is 12.3. The number of nitrogens with one attached hydrogen (secondary N) is 3. The highest BCUT2D eigenvalue weighted by molar-refractivity contribution is 7.80. The molecule has 154 valence electrons. The summed E-state index contributed by atoms with van der Waals surface area (Å²) in [4.78, 5) is 58.0. The molecule has 0 saturated carbocycles. The Morgan fingerprint density at radius 3 is 1.85 bits per heavy atom. The van der Waals surface area contributed by atoms with Crippen molar-refractivity contribution >= 4 is 42.2 Å². The van der Waals surface area contributed by atoms with Crippen LogP contribution in [0.2, 0.25) is 0 Å². The molecule has 0 aromatic carbocycles. The smallest absolute Gasteiger partial charge is 0.326 e. The Kier molecular flexibility index (Phi) is 10.4. The van der Waals surface area contributed by atoms with Crippen LogP contribution in [-0.2, 0) is 24.0 Å². The van der Waals surface area contributed by atoms with Gasteiger partial charge >= 0.3 is 5.97 Å². The molecular weight excluding hydrogens is 382 g/mol. The van der Waals surface area contributed by atoms with Gasteiger partial charge in [-0.2, -0.15) is 12.6 Å². The van der Waals surface area contributed by atoms with E-state index in [0.717, 1.165) is 0 Å². The molecule has 0 heterocycles. The molecule has 27 heavy (non-hydrogen) atoms. The monoisotopic (exact) mass is 407 g/mol. The third kappa shape index (κ3) is 8.70. The first-order valence-corrected chi connectivity index (χ1v) is 8.50. The van der Waals surface area contributed by atoms with E-state index in [-0.39, 0.29) is 5.75 Å². The molecule has 0 aliphatic heterocycles. The summed E-state index contributed by atoms with van der Waals surface area (Å²) < 4.78 is 0. The van der Waals surface area contributed by atoms with E-state index >= 15 is 0 Å². The maximum atomic E-state index is 12.3. The van der Waals surface area contributed by atoms with E-state index in [9.17, 15) is 29.1 Å². The normalized spacial score (nSPS) is 16.2. The third-order valence-corrected chi connectivity index (χ3v) is 3.68. The number of primary amides is 1. The van der Waals surface area contributed by atoms with Crippen molar-refractivity contribution in [1.82, 2.24) is 16.0 Å². The van der Waals surface area contributed by atoms with E-state index in [0.29, 0.717) is 0 Å². The van der Waals surface area contributed by atoms with Crippen molar-refractivity contribution in [2.75, 3.05) is 5.75 Å². The molecule has 5 unspecified atom stereocenters. The Hall–Kier alpha value is -2.38. The summed E-state index contributed by atoms with van der Waals surface area (Å²) in [6.45, 7) is 2.62. The number of hydrogen-bond donors (Lipinski definition) is 8. The molecule has 12 nitrogen and oxygen atoms in total. The van der Waals surface area contributed by atoms with Crippen LogP contribution in [0.4, 0.5) is 0 Å². The van der Waals surface area contributed by atoms with Crippen molar-refractivity contribution in [3.63, 3.8) is 0 Å². The Morgan fingerprint density at radius 1 is 0.963 bits per heavy atom. The van der Waals surface area contributed by atoms with Gasteiger partial charge in [0.05, 0.1) is 18.6 Å². The van der Waals surface area contributed by atoms with E-state index in [1.54, 1.807) is 0 Å². The van der Waals surface area contributed by atoms with E-state index < -0.39 is 66.3 Å². The van der Waals surface area contributed by atoms with Gasteiger partial charge in [0.25, 0.3) is 0 Å². The molecular formula is C14H25N5O7S. The second-order valence-electron chi connectivity index (χ2n) is 5.83. The van der Waals surface area contributed by atoms with Crippen molar-refractivity contribution in [2.45, 2.75) is 50.5 Å². The molecule has 0 aliphatic rings. The van der Waals surface area contributed by atoms with Crippen LogP contribution in [0.3, 0.4) is 0 Å². The summed E-state index contributed by atoms with van der Waals surface area (Å²) in [7, 11) is 0. The van der Waals surface area contributed by atoms with E-state index in [4.69, 9.17) is 16.6 Å². The zero-order valence-corrected chi connectivity index (χ0v) is 15.7. The first kappa shape index (κ1) is 24.6. The van der Waals surface area contributed by atoms with Gasteiger partial charge in [-0.15, -0.1) is 0 Å². The molecule has 0 fully saturated rings. The lowest BCUT2D eigenvalue weighted by Crippen LogP contribution is -2.60. The SMILES string of the molecule is CC(N)C(=O)NC(C(=O)NC(CS)C(=O)NC(CC(N)=O)C(=O)O)C(C)O. The minimum Gasteiger partial charge on any atom is -0.480 e. The van der Waals surface area contributed by atoms with Crippen LogP contribution >= 0.6 is 12.6 Å². The summed E-state index contributed by atoms with van der Waals surface area (Å²) in [5, 5.41) is 25.2. The van der Waals surface area contributed by atoms with E-state index in [1.807, 2.05) is 0 Å². The number of aliphatic hydroxyl groups excluding tert-OH is 1. The highest BCUT2D eigenvalue weighted by Gasteiger charge is 2.31. The molecule has 0 bridgehead atoms. The summed E-state index contributed by atoms with van der Waals surface area (Å²) >= 11 is 3.91. The van der Waals surface area contributed by atoms with Gasteiger partial charge in [-0.1, -0.05) is 0 Å². The van der Waals surface area contributed by atoms with Crippen LogP contribution in [0.1, 0.15) is 20.3 Å². The standard InChI is InChI=1S/C14H25N5O7S/c1-5(15)11(22)19-10(6(2)20)13(24)18-8(4-27)12(23)17-7(14(25)26)3-9(16)21/h5-8,10,20,27H,3-4,15H2,1-2H3,(H2,16,21)(H,17,23)(H,18,24)(H,19,22)(H,25,26). The van der Waals surface area contributed by atoms with Crippen LogP contribution in [0.15, 0.2) is 0 Å². The molecule has 4 amide bonds. The van der Waals surface area contributed by atoms with Crippen molar-refractivity contribution in [3.05, 3.63) is 0 Å². The predicted octanol–water partition coefficient (Wildman–Crippen LogP) is -3.94. The number of carboxylic acid groups (broad SMARTS) is 1. The molecule has 0 aromatic heterocycles. The van der Waals surface area contributed by atoms with Gasteiger partial charge < -0.3 is 37.6 Å². The first-order chi connectivity index (χ1) is 12.4.